The molecule has 0 spiro atoms. The van der Waals surface area contributed by atoms with Crippen molar-refractivity contribution in [1.29, 1.82) is 0 Å². The van der Waals surface area contributed by atoms with Crippen LogP contribution in [0.25, 0.3) is 0 Å². The summed E-state index contributed by atoms with van der Waals surface area (Å²) in [5.41, 5.74) is -0.00569. The highest BCUT2D eigenvalue weighted by Crippen LogP contribution is 2.64. The van der Waals surface area contributed by atoms with E-state index in [1.54, 1.807) is 0 Å². The summed E-state index contributed by atoms with van der Waals surface area (Å²) in [7, 11) is 0. The van der Waals surface area contributed by atoms with Crippen LogP contribution in [0.3, 0.4) is 0 Å². The SMILES string of the molecule is CC.CC1CC2CC(C2(C)C)C1(C)O. The highest BCUT2D eigenvalue weighted by atomic mass is 16.3. The van der Waals surface area contributed by atoms with Gasteiger partial charge in [0, 0.05) is 0 Å². The lowest BCUT2D eigenvalue weighted by molar-refractivity contribution is -0.220. The van der Waals surface area contributed by atoms with E-state index in [0.717, 1.165) is 5.92 Å². The third kappa shape index (κ3) is 1.41. The summed E-state index contributed by atoms with van der Waals surface area (Å²) in [5.74, 6) is 1.91. The molecule has 3 rings (SSSR count). The summed E-state index contributed by atoms with van der Waals surface area (Å²) in [6, 6.07) is 0. The second kappa shape index (κ2) is 3.52. The first kappa shape index (κ1) is 12.0. The normalized spacial score (nSPS) is 48.6. The molecule has 3 saturated carbocycles. The topological polar surface area (TPSA) is 20.2 Å². The molecule has 0 amide bonds. The quantitative estimate of drug-likeness (QED) is 0.632. The molecule has 84 valence electrons. The first-order valence-electron chi connectivity index (χ1n) is 6.09. The van der Waals surface area contributed by atoms with Gasteiger partial charge in [-0.25, -0.2) is 0 Å². The molecule has 3 fully saturated rings. The monoisotopic (exact) mass is 198 g/mol. The minimum absolute atomic E-state index is 0.399. The van der Waals surface area contributed by atoms with Crippen LogP contribution in [0.4, 0.5) is 0 Å². The molecule has 1 nitrogen and oxygen atoms in total. The van der Waals surface area contributed by atoms with E-state index in [1.807, 2.05) is 20.8 Å². The summed E-state index contributed by atoms with van der Waals surface area (Å²) >= 11 is 0. The fourth-order valence-corrected chi connectivity index (χ4v) is 3.42. The molecule has 0 aromatic rings. The third-order valence-electron chi connectivity index (χ3n) is 4.81. The largest absolute Gasteiger partial charge is 0.390 e. The molecule has 4 unspecified atom stereocenters. The third-order valence-corrected chi connectivity index (χ3v) is 4.81. The molecule has 14 heavy (non-hydrogen) atoms. The van der Waals surface area contributed by atoms with Crippen molar-refractivity contribution in [2.45, 2.75) is 60.0 Å². The minimum Gasteiger partial charge on any atom is -0.390 e. The highest BCUT2D eigenvalue weighted by molar-refractivity contribution is 5.10. The molecule has 0 aromatic heterocycles. The molecule has 0 aliphatic heterocycles. The van der Waals surface area contributed by atoms with Crippen LogP contribution in [0.2, 0.25) is 0 Å². The molecular formula is C13H26O. The van der Waals surface area contributed by atoms with Gasteiger partial charge in [0.15, 0.2) is 0 Å². The number of aliphatic hydroxyl groups is 1. The van der Waals surface area contributed by atoms with Gasteiger partial charge < -0.3 is 5.11 Å². The van der Waals surface area contributed by atoms with E-state index >= 15 is 0 Å². The Morgan fingerprint density at radius 1 is 1.07 bits per heavy atom. The van der Waals surface area contributed by atoms with Crippen LogP contribution in [0, 0.1) is 23.2 Å². The van der Waals surface area contributed by atoms with Crippen molar-refractivity contribution in [3.05, 3.63) is 0 Å². The Balaban J connectivity index is 0.000000461. The Morgan fingerprint density at radius 2 is 1.57 bits per heavy atom. The fraction of sp³-hybridized carbons (Fsp3) is 1.00. The van der Waals surface area contributed by atoms with Crippen LogP contribution < -0.4 is 0 Å². The molecule has 0 saturated heterocycles. The molecule has 0 aromatic carbocycles. The van der Waals surface area contributed by atoms with E-state index in [0.29, 0.717) is 17.3 Å². The number of hydrogen-bond donors (Lipinski definition) is 1. The van der Waals surface area contributed by atoms with Crippen molar-refractivity contribution in [2.24, 2.45) is 23.2 Å². The van der Waals surface area contributed by atoms with Gasteiger partial charge in [0.1, 0.15) is 0 Å². The van der Waals surface area contributed by atoms with Gasteiger partial charge >= 0.3 is 0 Å². The maximum Gasteiger partial charge on any atom is 0.0678 e. The van der Waals surface area contributed by atoms with Gasteiger partial charge in [-0.3, -0.25) is 0 Å². The lowest BCUT2D eigenvalue weighted by Gasteiger charge is -2.65. The molecular weight excluding hydrogens is 172 g/mol. The molecule has 2 bridgehead atoms. The summed E-state index contributed by atoms with van der Waals surface area (Å²) < 4.78 is 0. The smallest absolute Gasteiger partial charge is 0.0678 e. The van der Waals surface area contributed by atoms with Gasteiger partial charge in [0.05, 0.1) is 5.60 Å². The number of rotatable bonds is 0. The lowest BCUT2D eigenvalue weighted by atomic mass is 9.42. The Hall–Kier alpha value is -0.0400. The van der Waals surface area contributed by atoms with Crippen LogP contribution in [-0.4, -0.2) is 10.7 Å². The van der Waals surface area contributed by atoms with Gasteiger partial charge in [-0.2, -0.15) is 0 Å². The summed E-state index contributed by atoms with van der Waals surface area (Å²) in [6.07, 6.45) is 2.47. The lowest BCUT2D eigenvalue weighted by Crippen LogP contribution is -2.63. The van der Waals surface area contributed by atoms with Crippen LogP contribution in [-0.2, 0) is 0 Å². The standard InChI is InChI=1S/C11H20O.C2H6/c1-7-5-8-6-9(10(8,2)3)11(7,4)12;1-2/h7-9,12H,5-6H2,1-4H3;1-2H3. The van der Waals surface area contributed by atoms with Crippen LogP contribution in [0.15, 0.2) is 0 Å². The first-order valence-corrected chi connectivity index (χ1v) is 6.09. The zero-order chi connectivity index (χ0) is 11.1. The molecule has 4 atom stereocenters. The van der Waals surface area contributed by atoms with Crippen LogP contribution in [0.5, 0.6) is 0 Å². The predicted octanol–water partition coefficient (Wildman–Crippen LogP) is 3.47. The van der Waals surface area contributed by atoms with Crippen LogP contribution in [0.1, 0.15) is 54.4 Å². The second-order valence-corrected chi connectivity index (χ2v) is 5.67. The number of hydrogen-bond acceptors (Lipinski definition) is 1. The van der Waals surface area contributed by atoms with E-state index in [1.165, 1.54) is 12.8 Å². The summed E-state index contributed by atoms with van der Waals surface area (Å²) in [5, 5.41) is 10.3. The zero-order valence-corrected chi connectivity index (χ0v) is 10.6. The molecule has 1 heteroatoms. The summed E-state index contributed by atoms with van der Waals surface area (Å²) in [6.45, 7) is 12.8. The average Bonchev–Trinajstić information content (AvgIpc) is 2.12. The van der Waals surface area contributed by atoms with Crippen LogP contribution >= 0.6 is 0 Å². The maximum atomic E-state index is 10.3. The van der Waals surface area contributed by atoms with Gasteiger partial charge in [0.25, 0.3) is 0 Å². The predicted molar refractivity (Wildman–Crippen MR) is 61.1 cm³/mol. The van der Waals surface area contributed by atoms with Gasteiger partial charge in [-0.1, -0.05) is 34.6 Å². The molecule has 3 aliphatic carbocycles. The van der Waals surface area contributed by atoms with Crippen molar-refractivity contribution in [1.82, 2.24) is 0 Å². The Kier molecular flexibility index (Phi) is 3.02. The zero-order valence-electron chi connectivity index (χ0n) is 10.6. The second-order valence-electron chi connectivity index (χ2n) is 5.67. The fourth-order valence-electron chi connectivity index (χ4n) is 3.42. The van der Waals surface area contributed by atoms with Gasteiger partial charge in [-0.15, -0.1) is 0 Å². The van der Waals surface area contributed by atoms with Crippen molar-refractivity contribution in [2.75, 3.05) is 0 Å². The van der Waals surface area contributed by atoms with Crippen molar-refractivity contribution in [3.8, 4) is 0 Å². The average molecular weight is 198 g/mol. The van der Waals surface area contributed by atoms with Gasteiger partial charge in [0.2, 0.25) is 0 Å². The summed E-state index contributed by atoms with van der Waals surface area (Å²) in [4.78, 5) is 0. The van der Waals surface area contributed by atoms with Crippen molar-refractivity contribution >= 4 is 0 Å². The van der Waals surface area contributed by atoms with Crippen molar-refractivity contribution < 1.29 is 5.11 Å². The number of fused-ring (bicyclic) bond motifs is 2. The van der Waals surface area contributed by atoms with Crippen molar-refractivity contribution in [3.63, 3.8) is 0 Å². The Morgan fingerprint density at radius 3 is 1.86 bits per heavy atom. The van der Waals surface area contributed by atoms with Gasteiger partial charge in [-0.05, 0) is 42.9 Å². The Bertz CT molecular complexity index is 205. The first-order chi connectivity index (χ1) is 6.37. The minimum atomic E-state index is -0.405. The molecule has 0 heterocycles. The van der Waals surface area contributed by atoms with E-state index in [9.17, 15) is 5.11 Å². The van der Waals surface area contributed by atoms with E-state index in [4.69, 9.17) is 0 Å². The molecule has 3 aliphatic rings. The molecule has 1 N–H and O–H groups in total. The molecule has 0 radical (unpaired) electrons. The maximum absolute atomic E-state index is 10.3. The van der Waals surface area contributed by atoms with E-state index in [-0.39, 0.29) is 0 Å². The van der Waals surface area contributed by atoms with E-state index < -0.39 is 5.60 Å². The Labute approximate surface area is 88.9 Å². The highest BCUT2D eigenvalue weighted by Gasteiger charge is 2.61. The van der Waals surface area contributed by atoms with E-state index in [2.05, 4.69) is 20.8 Å².